The summed E-state index contributed by atoms with van der Waals surface area (Å²) in [6.45, 7) is 5.86. The van der Waals surface area contributed by atoms with Gasteiger partial charge in [-0.2, -0.15) is 0 Å². The number of amides is 1. The Labute approximate surface area is 83.6 Å². The Kier molecular flexibility index (Phi) is 4.39. The first kappa shape index (κ1) is 11.0. The van der Waals surface area contributed by atoms with Gasteiger partial charge in [0.05, 0.1) is 0 Å². The van der Waals surface area contributed by atoms with Crippen molar-refractivity contribution in [3.8, 4) is 0 Å². The van der Waals surface area contributed by atoms with E-state index in [0.717, 1.165) is 39.1 Å². The number of piperazine rings is 1. The summed E-state index contributed by atoms with van der Waals surface area (Å²) in [5.74, 6) is -0.239. The van der Waals surface area contributed by atoms with Crippen LogP contribution in [0.25, 0.3) is 0 Å². The summed E-state index contributed by atoms with van der Waals surface area (Å²) in [5, 5.41) is 0. The minimum absolute atomic E-state index is 0.239. The van der Waals surface area contributed by atoms with E-state index in [-0.39, 0.29) is 5.97 Å². The fraction of sp³-hybridized carbons (Fsp3) is 0.778. The van der Waals surface area contributed by atoms with Crippen LogP contribution in [-0.2, 0) is 14.3 Å². The molecule has 0 aromatic heterocycles. The Bertz CT molecular complexity index is 200. The molecule has 1 rings (SSSR count). The maximum Gasteiger partial charge on any atom is 0.302 e. The zero-order valence-electron chi connectivity index (χ0n) is 8.44. The van der Waals surface area contributed by atoms with Gasteiger partial charge in [-0.05, 0) is 0 Å². The molecule has 0 aromatic rings. The van der Waals surface area contributed by atoms with E-state index in [0.29, 0.717) is 6.61 Å². The average Bonchev–Trinajstić information content (AvgIpc) is 2.18. The molecule has 1 aliphatic rings. The Morgan fingerprint density at radius 3 is 2.50 bits per heavy atom. The number of rotatable bonds is 4. The second kappa shape index (κ2) is 5.59. The monoisotopic (exact) mass is 200 g/mol. The van der Waals surface area contributed by atoms with Crippen molar-refractivity contribution in [2.24, 2.45) is 0 Å². The zero-order chi connectivity index (χ0) is 10.4. The highest BCUT2D eigenvalue weighted by Gasteiger charge is 2.14. The lowest BCUT2D eigenvalue weighted by Crippen LogP contribution is -2.46. The molecule has 0 spiro atoms. The van der Waals surface area contributed by atoms with Crippen LogP contribution in [0.5, 0.6) is 0 Å². The maximum atomic E-state index is 10.5. The summed E-state index contributed by atoms with van der Waals surface area (Å²) < 4.78 is 4.83. The van der Waals surface area contributed by atoms with E-state index in [1.165, 1.54) is 6.92 Å². The molecule has 1 saturated heterocycles. The van der Waals surface area contributed by atoms with Gasteiger partial charge in [0.1, 0.15) is 6.61 Å². The van der Waals surface area contributed by atoms with Crippen LogP contribution in [0.2, 0.25) is 0 Å². The largest absolute Gasteiger partial charge is 0.465 e. The van der Waals surface area contributed by atoms with Gasteiger partial charge in [-0.3, -0.25) is 14.5 Å². The fourth-order valence-electron chi connectivity index (χ4n) is 1.41. The number of ether oxygens (including phenoxy) is 1. The van der Waals surface area contributed by atoms with E-state index in [2.05, 4.69) is 4.90 Å². The summed E-state index contributed by atoms with van der Waals surface area (Å²) in [6.07, 6.45) is 0.878. The molecular weight excluding hydrogens is 184 g/mol. The van der Waals surface area contributed by atoms with E-state index in [4.69, 9.17) is 4.74 Å². The number of carbonyl (C=O) groups excluding carboxylic acids is 2. The topological polar surface area (TPSA) is 49.9 Å². The molecule has 0 unspecified atom stereocenters. The molecule has 1 amide bonds. The number of hydrogen-bond acceptors (Lipinski definition) is 4. The van der Waals surface area contributed by atoms with Crippen molar-refractivity contribution in [1.29, 1.82) is 0 Å². The molecule has 0 N–H and O–H groups in total. The normalized spacial score (nSPS) is 17.9. The number of hydrogen-bond donors (Lipinski definition) is 0. The van der Waals surface area contributed by atoms with Crippen LogP contribution in [0.3, 0.4) is 0 Å². The molecule has 0 saturated carbocycles. The van der Waals surface area contributed by atoms with Crippen LogP contribution in [0, 0.1) is 0 Å². The van der Waals surface area contributed by atoms with Gasteiger partial charge in [0.25, 0.3) is 0 Å². The summed E-state index contributed by atoms with van der Waals surface area (Å²) in [6, 6.07) is 0. The van der Waals surface area contributed by atoms with Gasteiger partial charge < -0.3 is 9.64 Å². The van der Waals surface area contributed by atoms with Crippen LogP contribution >= 0.6 is 0 Å². The Morgan fingerprint density at radius 2 is 2.00 bits per heavy atom. The lowest BCUT2D eigenvalue weighted by molar-refractivity contribution is -0.141. The van der Waals surface area contributed by atoms with Crippen molar-refractivity contribution < 1.29 is 14.3 Å². The molecule has 0 aromatic carbocycles. The summed E-state index contributed by atoms with van der Waals surface area (Å²) in [7, 11) is 0. The molecule has 0 atom stereocenters. The SMILES string of the molecule is CC(=O)OCCN1CCN(C=O)CC1. The maximum absolute atomic E-state index is 10.5. The molecule has 5 nitrogen and oxygen atoms in total. The van der Waals surface area contributed by atoms with E-state index >= 15 is 0 Å². The molecular formula is C9H16N2O3. The van der Waals surface area contributed by atoms with Gasteiger partial charge >= 0.3 is 5.97 Å². The van der Waals surface area contributed by atoms with Gasteiger partial charge in [-0.25, -0.2) is 0 Å². The smallest absolute Gasteiger partial charge is 0.302 e. The molecule has 1 fully saturated rings. The minimum atomic E-state index is -0.239. The van der Waals surface area contributed by atoms with Crippen LogP contribution in [0.15, 0.2) is 0 Å². The highest BCUT2D eigenvalue weighted by Crippen LogP contribution is 1.98. The summed E-state index contributed by atoms with van der Waals surface area (Å²) in [5.41, 5.74) is 0. The predicted molar refractivity (Wildman–Crippen MR) is 50.7 cm³/mol. The van der Waals surface area contributed by atoms with Crippen molar-refractivity contribution in [3.05, 3.63) is 0 Å². The van der Waals surface area contributed by atoms with Crippen LogP contribution in [0.4, 0.5) is 0 Å². The first-order chi connectivity index (χ1) is 6.72. The molecule has 0 bridgehead atoms. The third kappa shape index (κ3) is 3.74. The number of carbonyl (C=O) groups is 2. The standard InChI is InChI=1S/C9H16N2O3/c1-9(13)14-7-6-10-2-4-11(8-12)5-3-10/h8H,2-7H2,1H3. The number of esters is 1. The first-order valence-electron chi connectivity index (χ1n) is 4.77. The highest BCUT2D eigenvalue weighted by molar-refractivity contribution is 5.65. The minimum Gasteiger partial charge on any atom is -0.465 e. The van der Waals surface area contributed by atoms with E-state index in [1.54, 1.807) is 4.90 Å². The molecule has 0 radical (unpaired) electrons. The molecule has 5 heteroatoms. The van der Waals surface area contributed by atoms with Crippen molar-refractivity contribution >= 4 is 12.4 Å². The molecule has 1 heterocycles. The second-order valence-corrected chi connectivity index (χ2v) is 3.32. The van der Waals surface area contributed by atoms with Crippen molar-refractivity contribution in [1.82, 2.24) is 9.80 Å². The van der Waals surface area contributed by atoms with Crippen LogP contribution < -0.4 is 0 Å². The predicted octanol–water partition coefficient (Wildman–Crippen LogP) is -0.676. The molecule has 0 aliphatic carbocycles. The molecule has 1 aliphatic heterocycles. The summed E-state index contributed by atoms with van der Waals surface area (Å²) in [4.78, 5) is 24.8. The van der Waals surface area contributed by atoms with Crippen LogP contribution in [-0.4, -0.2) is 61.5 Å². The summed E-state index contributed by atoms with van der Waals surface area (Å²) >= 11 is 0. The van der Waals surface area contributed by atoms with E-state index < -0.39 is 0 Å². The Morgan fingerprint density at radius 1 is 1.36 bits per heavy atom. The quantitative estimate of drug-likeness (QED) is 0.446. The lowest BCUT2D eigenvalue weighted by Gasteiger charge is -2.32. The number of nitrogens with zero attached hydrogens (tertiary/aromatic N) is 2. The van der Waals surface area contributed by atoms with Crippen molar-refractivity contribution in [2.75, 3.05) is 39.3 Å². The first-order valence-corrected chi connectivity index (χ1v) is 4.77. The average molecular weight is 200 g/mol. The van der Waals surface area contributed by atoms with Gasteiger partial charge in [0, 0.05) is 39.6 Å². The Hall–Kier alpha value is -1.10. The second-order valence-electron chi connectivity index (χ2n) is 3.32. The molecule has 80 valence electrons. The zero-order valence-corrected chi connectivity index (χ0v) is 8.44. The van der Waals surface area contributed by atoms with Gasteiger partial charge in [-0.1, -0.05) is 0 Å². The van der Waals surface area contributed by atoms with Gasteiger partial charge in [-0.15, -0.1) is 0 Å². The van der Waals surface area contributed by atoms with Gasteiger partial charge in [0.2, 0.25) is 6.41 Å². The van der Waals surface area contributed by atoms with Crippen molar-refractivity contribution in [2.45, 2.75) is 6.92 Å². The van der Waals surface area contributed by atoms with E-state index in [9.17, 15) is 9.59 Å². The van der Waals surface area contributed by atoms with Crippen LogP contribution in [0.1, 0.15) is 6.92 Å². The molecule has 14 heavy (non-hydrogen) atoms. The Balaban J connectivity index is 2.10. The van der Waals surface area contributed by atoms with Crippen molar-refractivity contribution in [3.63, 3.8) is 0 Å². The lowest BCUT2D eigenvalue weighted by atomic mass is 10.3. The van der Waals surface area contributed by atoms with Gasteiger partial charge in [0.15, 0.2) is 0 Å². The third-order valence-electron chi connectivity index (χ3n) is 2.27. The fourth-order valence-corrected chi connectivity index (χ4v) is 1.41. The highest BCUT2D eigenvalue weighted by atomic mass is 16.5. The van der Waals surface area contributed by atoms with E-state index in [1.807, 2.05) is 0 Å². The third-order valence-corrected chi connectivity index (χ3v) is 2.27.